The smallest absolute Gasteiger partial charge is 0.0481 e. The Morgan fingerprint density at radius 1 is 0.169 bits per heavy atom. The summed E-state index contributed by atoms with van der Waals surface area (Å²) in [7, 11) is 0. The molecule has 0 aliphatic heterocycles. The number of rotatable bonds is 74. The first kappa shape index (κ1) is 113. The summed E-state index contributed by atoms with van der Waals surface area (Å²) < 4.78 is 0. The molecular weight excluding hydrogens is 1870 g/mol. The van der Waals surface area contributed by atoms with Gasteiger partial charge in [-0.1, -0.05) is 460 Å². The van der Waals surface area contributed by atoms with Gasteiger partial charge >= 0.3 is 0 Å². The van der Waals surface area contributed by atoms with Gasteiger partial charge in [0, 0.05) is 90.5 Å². The van der Waals surface area contributed by atoms with Crippen molar-refractivity contribution in [2.45, 2.75) is 465 Å². The molecule has 762 valence electrons. The number of thiophene rings is 8. The van der Waals surface area contributed by atoms with Crippen LogP contribution in [0.3, 0.4) is 0 Å². The first-order valence-corrected chi connectivity index (χ1v) is 65.0. The van der Waals surface area contributed by atoms with E-state index in [1.165, 1.54) is 532 Å². The predicted octanol–water partition coefficient (Wildman–Crippen LogP) is 47.4. The van der Waals surface area contributed by atoms with Crippen molar-refractivity contribution in [3.63, 3.8) is 0 Å². The summed E-state index contributed by atoms with van der Waals surface area (Å²) in [6.45, 7) is 13.9. The Bertz CT molecular complexity index is 5420. The van der Waals surface area contributed by atoms with Gasteiger partial charge in [0.2, 0.25) is 0 Å². The number of hydrogen-bond acceptors (Lipinski definition) is 8. The number of fused-ring (bicyclic) bond motifs is 2. The van der Waals surface area contributed by atoms with Gasteiger partial charge in [0.25, 0.3) is 0 Å². The van der Waals surface area contributed by atoms with E-state index in [9.17, 15) is 0 Å². The third kappa shape index (κ3) is 37.6. The van der Waals surface area contributed by atoms with Gasteiger partial charge in [0.15, 0.2) is 0 Å². The van der Waals surface area contributed by atoms with Gasteiger partial charge in [-0.2, -0.15) is 0 Å². The fourth-order valence-electron chi connectivity index (χ4n) is 21.2. The maximum atomic E-state index is 4.05. The van der Waals surface area contributed by atoms with Crippen LogP contribution in [0.25, 0.3) is 101 Å². The van der Waals surface area contributed by atoms with Crippen molar-refractivity contribution in [2.24, 2.45) is 0 Å². The van der Waals surface area contributed by atoms with Crippen LogP contribution in [0.5, 0.6) is 0 Å². The average molecular weight is 2050 g/mol. The Morgan fingerprint density at radius 2 is 0.401 bits per heavy atom. The van der Waals surface area contributed by atoms with Crippen molar-refractivity contribution in [1.29, 1.82) is 0 Å². The van der Waals surface area contributed by atoms with Gasteiger partial charge in [-0.25, -0.2) is 0 Å². The van der Waals surface area contributed by atoms with E-state index in [2.05, 4.69) is 234 Å². The Labute approximate surface area is 896 Å². The lowest BCUT2D eigenvalue weighted by molar-refractivity contribution is 0.556. The van der Waals surface area contributed by atoms with Crippen molar-refractivity contribution in [1.82, 2.24) is 0 Å². The van der Waals surface area contributed by atoms with Crippen molar-refractivity contribution < 1.29 is 0 Å². The SMILES string of the molecule is CCCCCCCCCCCCc1ccc(C#Cc2c3ccc(-c4cc(CCCCCCCCCCCC)c(-c5ccc(-c6ccc(-c7sccc7CCCCCCCCCCCC)s6)s5)s4)cc3c(C#Cc3ccc(CCCCCCCCCCCC)cc3)c3ccc(-c4cc(CCCCCCCCCCCC)c(-c5ccc(-c6ccc(-c7sccc7CCCCCCCCCCCC)s6)s5)s4)cc23)cc1. The van der Waals surface area contributed by atoms with Crippen LogP contribution in [0, 0.1) is 23.7 Å². The first-order chi connectivity index (χ1) is 70.3. The van der Waals surface area contributed by atoms with Crippen LogP contribution < -0.4 is 0 Å². The van der Waals surface area contributed by atoms with Gasteiger partial charge in [-0.3, -0.25) is 0 Å². The summed E-state index contributed by atoms with van der Waals surface area (Å²) in [6.07, 6.45) is 88.0. The van der Waals surface area contributed by atoms with E-state index in [1.54, 1.807) is 0 Å². The van der Waals surface area contributed by atoms with Crippen LogP contribution in [0.15, 0.2) is 168 Å². The van der Waals surface area contributed by atoms with E-state index in [0.29, 0.717) is 0 Å². The normalized spacial score (nSPS) is 11.6. The largest absolute Gasteiger partial charge is 0.143 e. The molecule has 8 heterocycles. The fraction of sp³-hybridized carbons (Fsp3) is 0.537. The highest BCUT2D eigenvalue weighted by atomic mass is 32.1. The predicted molar refractivity (Wildman–Crippen MR) is 646 cm³/mol. The fourth-order valence-corrected chi connectivity index (χ4v) is 30.4. The third-order valence-electron chi connectivity index (χ3n) is 30.0. The maximum absolute atomic E-state index is 4.05. The van der Waals surface area contributed by atoms with Gasteiger partial charge in [0.1, 0.15) is 0 Å². The topological polar surface area (TPSA) is 0 Å². The lowest BCUT2D eigenvalue weighted by Gasteiger charge is -2.13. The van der Waals surface area contributed by atoms with Crippen LogP contribution in [0.2, 0.25) is 0 Å². The number of aryl methyl sites for hydroxylation is 6. The molecule has 0 aliphatic carbocycles. The van der Waals surface area contributed by atoms with E-state index in [1.807, 2.05) is 90.7 Å². The zero-order valence-corrected chi connectivity index (χ0v) is 95.6. The van der Waals surface area contributed by atoms with E-state index in [0.717, 1.165) is 47.9 Å². The van der Waals surface area contributed by atoms with Gasteiger partial charge < -0.3 is 0 Å². The first-order valence-electron chi connectivity index (χ1n) is 58.4. The molecule has 0 unspecified atom stereocenters. The van der Waals surface area contributed by atoms with Crippen molar-refractivity contribution in [3.05, 3.63) is 224 Å². The molecule has 0 saturated carbocycles. The van der Waals surface area contributed by atoms with Crippen molar-refractivity contribution >= 4 is 112 Å². The number of benzene rings is 5. The van der Waals surface area contributed by atoms with E-state index >= 15 is 0 Å². The Balaban J connectivity index is 0.857. The molecule has 0 atom stereocenters. The van der Waals surface area contributed by atoms with Crippen LogP contribution >= 0.6 is 90.7 Å². The molecule has 0 saturated heterocycles. The molecule has 13 rings (SSSR count). The summed E-state index contributed by atoms with van der Waals surface area (Å²) in [6, 6.07) is 63.1. The molecule has 0 N–H and O–H groups in total. The molecular formula is C134H178S8. The van der Waals surface area contributed by atoms with Gasteiger partial charge in [-0.05, 0) is 263 Å². The summed E-state index contributed by atoms with van der Waals surface area (Å²) in [5.74, 6) is 15.9. The molecule has 0 aliphatic rings. The third-order valence-corrected chi connectivity index (χ3v) is 39.8. The highest BCUT2D eigenvalue weighted by molar-refractivity contribution is 7.30. The van der Waals surface area contributed by atoms with Crippen molar-refractivity contribution in [3.8, 4) is 103 Å². The molecule has 142 heavy (non-hydrogen) atoms. The zero-order chi connectivity index (χ0) is 98.3. The number of unbranched alkanes of at least 4 members (excludes halogenated alkanes) is 54. The van der Waals surface area contributed by atoms with Crippen LogP contribution in [-0.4, -0.2) is 0 Å². The second-order valence-corrected chi connectivity index (χ2v) is 50.2. The Morgan fingerprint density at radius 3 is 0.669 bits per heavy atom. The van der Waals surface area contributed by atoms with E-state index in [4.69, 9.17) is 0 Å². The Kier molecular flexibility index (Phi) is 52.8. The van der Waals surface area contributed by atoms with Crippen LogP contribution in [-0.2, 0) is 38.5 Å². The number of hydrogen-bond donors (Lipinski definition) is 0. The molecule has 13 aromatic rings. The molecule has 0 fully saturated rings. The molecule has 5 aromatic carbocycles. The lowest BCUT2D eigenvalue weighted by Crippen LogP contribution is -1.93. The average Bonchev–Trinajstić information content (AvgIpc) is 1.34. The molecule has 0 radical (unpaired) electrons. The van der Waals surface area contributed by atoms with Gasteiger partial charge in [-0.15, -0.1) is 90.7 Å². The van der Waals surface area contributed by atoms with E-state index < -0.39 is 0 Å². The van der Waals surface area contributed by atoms with Gasteiger partial charge in [0.05, 0.1) is 0 Å². The highest BCUT2D eigenvalue weighted by Crippen LogP contribution is 2.51. The van der Waals surface area contributed by atoms with Crippen molar-refractivity contribution in [2.75, 3.05) is 0 Å². The lowest BCUT2D eigenvalue weighted by atomic mass is 9.89. The minimum Gasteiger partial charge on any atom is -0.143 e. The minimum absolute atomic E-state index is 1.06. The second-order valence-electron chi connectivity index (χ2n) is 41.9. The van der Waals surface area contributed by atoms with Crippen LogP contribution in [0.4, 0.5) is 0 Å². The monoisotopic (exact) mass is 2040 g/mol. The quantitative estimate of drug-likeness (QED) is 0.0202. The highest BCUT2D eigenvalue weighted by Gasteiger charge is 2.24. The second kappa shape index (κ2) is 66.6. The van der Waals surface area contributed by atoms with E-state index in [-0.39, 0.29) is 0 Å². The molecule has 0 bridgehead atoms. The summed E-state index contributed by atoms with van der Waals surface area (Å²) in [5.41, 5.74) is 15.7. The summed E-state index contributed by atoms with van der Waals surface area (Å²) in [5, 5.41) is 9.38. The zero-order valence-electron chi connectivity index (χ0n) is 89.1. The summed E-state index contributed by atoms with van der Waals surface area (Å²) >= 11 is 15.9. The van der Waals surface area contributed by atoms with Crippen LogP contribution in [0.1, 0.15) is 482 Å². The summed E-state index contributed by atoms with van der Waals surface area (Å²) in [4.78, 5) is 19.7. The Hall–Kier alpha value is -6.66. The molecule has 8 aromatic heterocycles. The molecule has 0 nitrogen and oxygen atoms in total. The molecule has 8 heteroatoms. The molecule has 0 amide bonds. The standard InChI is InChI=1S/C134H178S8/c1-7-13-19-25-31-37-43-49-55-61-67-105-73-77-107(78-74-105)81-85-115-117-87-83-112(130-104-114(72-66-60-54-48-42-36-30-24-18-12-6)134(142-130)128-96-92-124(140-128)122-90-94-126(138-122)132-110(98-100-136-132)70-64-58-52-46-40-34-28-22-16-10-4)102-120(117)116(86-82-108-79-75-106(76-80-108)68-62-56-50-44-38-32-26-20-14-8-2)118-88-84-111(101-119(115)118)129-103-113(71-65-59-53-47-41-35-29-23-17-11-5)133(141-129)127-95-91-123(139-127)121-89-93-125(137-121)131-109(97-99-135-131)69-63-57-51-45-39-33-27-21-15-9-3/h73-80,83-84,87-104H,7-72H2,1-6H3. The molecule has 0 spiro atoms. The minimum atomic E-state index is 1.06. The maximum Gasteiger partial charge on any atom is 0.0481 e.